The number of nitrogens with one attached hydrogen (secondary N) is 1. The van der Waals surface area contributed by atoms with Crippen molar-refractivity contribution in [3.8, 4) is 11.2 Å². The molecule has 2 aromatic heterocycles. The van der Waals surface area contributed by atoms with Gasteiger partial charge in [0, 0.05) is 43.2 Å². The number of hydrogen-bond donors (Lipinski definition) is 1. The fourth-order valence-electron chi connectivity index (χ4n) is 5.42. The lowest BCUT2D eigenvalue weighted by molar-refractivity contribution is -0.135. The van der Waals surface area contributed by atoms with Gasteiger partial charge >= 0.3 is 0 Å². The van der Waals surface area contributed by atoms with Crippen LogP contribution in [-0.2, 0) is 19.6 Å². The van der Waals surface area contributed by atoms with Crippen LogP contribution in [-0.4, -0.2) is 84.1 Å². The van der Waals surface area contributed by atoms with Crippen molar-refractivity contribution >= 4 is 43.9 Å². The molecule has 3 aliphatic rings. The van der Waals surface area contributed by atoms with Crippen LogP contribution in [0.25, 0.3) is 16.0 Å². The zero-order valence-corrected chi connectivity index (χ0v) is 22.9. The summed E-state index contributed by atoms with van der Waals surface area (Å²) < 4.78 is 62.2. The minimum Gasteiger partial charge on any atom is -0.375 e. The van der Waals surface area contributed by atoms with Gasteiger partial charge in [-0.2, -0.15) is 15.1 Å². The highest BCUT2D eigenvalue weighted by Crippen LogP contribution is 2.35. The number of aromatic nitrogens is 4. The van der Waals surface area contributed by atoms with E-state index in [0.29, 0.717) is 54.1 Å². The van der Waals surface area contributed by atoms with E-state index in [4.69, 9.17) is 4.74 Å². The minimum atomic E-state index is -4.20. The number of sulfonamides is 1. The Hall–Kier alpha value is -3.26. The van der Waals surface area contributed by atoms with Crippen LogP contribution in [0.4, 0.5) is 14.5 Å². The topological polar surface area (TPSA) is 146 Å². The Morgan fingerprint density at radius 2 is 1.90 bits per heavy atom. The highest BCUT2D eigenvalue weighted by Gasteiger charge is 2.43. The van der Waals surface area contributed by atoms with Gasteiger partial charge in [0.2, 0.25) is 21.1 Å². The van der Waals surface area contributed by atoms with E-state index in [-0.39, 0.29) is 35.1 Å². The van der Waals surface area contributed by atoms with Crippen LogP contribution in [0.1, 0.15) is 37.1 Å². The van der Waals surface area contributed by atoms with E-state index in [9.17, 15) is 27.3 Å². The molecule has 12 nitrogen and oxygen atoms in total. The van der Waals surface area contributed by atoms with Crippen molar-refractivity contribution in [2.24, 2.45) is 5.92 Å². The maximum absolute atomic E-state index is 13.5. The van der Waals surface area contributed by atoms with Gasteiger partial charge in [0.1, 0.15) is 0 Å². The molecule has 0 spiro atoms. The maximum Gasteiger partial charge on any atom is 0.291 e. The number of rotatable bonds is 7. The highest BCUT2D eigenvalue weighted by molar-refractivity contribution is 7.89. The van der Waals surface area contributed by atoms with Gasteiger partial charge in [-0.1, -0.05) is 24.2 Å². The molecular formula is C24H26F2N8O4S2. The number of piperazine rings is 1. The third-order valence-electron chi connectivity index (χ3n) is 7.63. The van der Waals surface area contributed by atoms with Crippen LogP contribution in [0.3, 0.4) is 0 Å². The summed E-state index contributed by atoms with van der Waals surface area (Å²) in [6.45, 7) is 1.77. The van der Waals surface area contributed by atoms with Crippen LogP contribution in [0.2, 0.25) is 0 Å². The van der Waals surface area contributed by atoms with Crippen molar-refractivity contribution in [1.82, 2.24) is 29.6 Å². The third kappa shape index (κ3) is 4.80. The molecule has 1 saturated carbocycles. The highest BCUT2D eigenvalue weighted by atomic mass is 32.2. The lowest BCUT2D eigenvalue weighted by Crippen LogP contribution is -2.61. The molecule has 1 N–H and O–H groups in total. The molecule has 3 fully saturated rings. The average Bonchev–Trinajstić information content (AvgIpc) is 3.70. The smallest absolute Gasteiger partial charge is 0.291 e. The molecule has 1 aliphatic carbocycles. The molecular weight excluding hydrogens is 566 g/mol. The van der Waals surface area contributed by atoms with Crippen molar-refractivity contribution in [2.75, 3.05) is 44.3 Å². The fraction of sp³-hybridized carbons (Fsp3) is 0.542. The van der Waals surface area contributed by atoms with E-state index >= 15 is 0 Å². The van der Waals surface area contributed by atoms with E-state index < -0.39 is 27.0 Å². The lowest BCUT2D eigenvalue weighted by atomic mass is 10.0. The molecule has 4 heterocycles. The van der Waals surface area contributed by atoms with Gasteiger partial charge in [0.15, 0.2) is 10.5 Å². The molecule has 212 valence electrons. The molecule has 40 heavy (non-hydrogen) atoms. The van der Waals surface area contributed by atoms with Crippen molar-refractivity contribution in [3.63, 3.8) is 0 Å². The Bertz CT molecular complexity index is 1580. The van der Waals surface area contributed by atoms with Crippen molar-refractivity contribution < 1.29 is 26.7 Å². The zero-order valence-electron chi connectivity index (χ0n) is 21.3. The Balaban J connectivity index is 1.37. The molecule has 3 aromatic rings. The van der Waals surface area contributed by atoms with Crippen molar-refractivity contribution in [3.05, 3.63) is 23.3 Å². The number of nitriles is 1. The monoisotopic (exact) mass is 592 g/mol. The standard InChI is InChI=1S/C24H26F2N8O4S2/c25-20(26)21-29-30-23(39-21)34-19-10-16(40(36,37)31-24(12-27)13-38-14-24)9-18(17(19)11-28-34)32-5-7-33(8-6-32)22(35)15-3-1-2-4-15/h9-11,15,20,31H,1-8,13-14H2. The number of nitrogens with zero attached hydrogens (tertiary/aromatic N) is 7. The molecule has 0 atom stereocenters. The summed E-state index contributed by atoms with van der Waals surface area (Å²) >= 11 is 0.656. The molecule has 2 aliphatic heterocycles. The number of carbonyl (C=O) groups excluding carboxylic acids is 1. The van der Waals surface area contributed by atoms with Crippen molar-refractivity contribution in [1.29, 1.82) is 5.26 Å². The van der Waals surface area contributed by atoms with Gasteiger partial charge in [0.05, 0.1) is 35.9 Å². The van der Waals surface area contributed by atoms with Gasteiger partial charge in [-0.25, -0.2) is 21.9 Å². The van der Waals surface area contributed by atoms with Crippen LogP contribution in [0.15, 0.2) is 23.2 Å². The summed E-state index contributed by atoms with van der Waals surface area (Å²) in [6.07, 6.45) is 2.70. The van der Waals surface area contributed by atoms with Gasteiger partial charge in [-0.15, -0.1) is 10.2 Å². The Morgan fingerprint density at radius 3 is 2.50 bits per heavy atom. The number of benzene rings is 1. The van der Waals surface area contributed by atoms with E-state index in [1.165, 1.54) is 23.0 Å². The first-order valence-corrected chi connectivity index (χ1v) is 15.2. The second-order valence-corrected chi connectivity index (χ2v) is 12.9. The number of alkyl halides is 2. The largest absolute Gasteiger partial charge is 0.375 e. The number of anilines is 1. The van der Waals surface area contributed by atoms with Gasteiger partial charge in [-0.3, -0.25) is 4.79 Å². The number of hydrogen-bond acceptors (Lipinski definition) is 10. The first kappa shape index (κ1) is 26.9. The minimum absolute atomic E-state index is 0.0617. The molecule has 0 unspecified atom stereocenters. The average molecular weight is 593 g/mol. The van der Waals surface area contributed by atoms with Crippen LogP contribution >= 0.6 is 11.3 Å². The van der Waals surface area contributed by atoms with E-state index in [1.807, 2.05) is 15.9 Å². The summed E-state index contributed by atoms with van der Waals surface area (Å²) in [5, 5.41) is 21.4. The first-order valence-electron chi connectivity index (χ1n) is 12.9. The number of fused-ring (bicyclic) bond motifs is 1. The van der Waals surface area contributed by atoms with E-state index in [1.54, 1.807) is 0 Å². The molecule has 0 bridgehead atoms. The number of halogens is 2. The Labute approximate surface area is 232 Å². The fourth-order valence-corrected chi connectivity index (χ4v) is 7.42. The third-order valence-corrected chi connectivity index (χ3v) is 10.0. The Morgan fingerprint density at radius 1 is 1.18 bits per heavy atom. The van der Waals surface area contributed by atoms with Gasteiger partial charge in [-0.05, 0) is 25.0 Å². The number of carbonyl (C=O) groups is 1. The van der Waals surface area contributed by atoms with E-state index in [2.05, 4.69) is 20.0 Å². The number of ether oxygens (including phenoxy) is 1. The van der Waals surface area contributed by atoms with Crippen LogP contribution in [0.5, 0.6) is 0 Å². The normalized spacial score (nSPS) is 19.8. The molecule has 2 saturated heterocycles. The SMILES string of the molecule is N#CC1(NS(=O)(=O)c2cc(N3CCN(C(=O)C4CCCC4)CC3)c3cnn(-c4nnc(C(F)F)s4)c3c2)COC1. The zero-order chi connectivity index (χ0) is 28.1. The first-order chi connectivity index (χ1) is 19.2. The predicted octanol–water partition coefficient (Wildman–Crippen LogP) is 2.22. The maximum atomic E-state index is 13.5. The van der Waals surface area contributed by atoms with E-state index in [0.717, 1.165) is 25.7 Å². The van der Waals surface area contributed by atoms with Crippen molar-refractivity contribution in [2.45, 2.75) is 42.5 Å². The second kappa shape index (κ2) is 10.3. The summed E-state index contributed by atoms with van der Waals surface area (Å²) in [6, 6.07) is 4.86. The molecule has 1 amide bonds. The molecule has 16 heteroatoms. The quantitative estimate of drug-likeness (QED) is 0.436. The second-order valence-electron chi connectivity index (χ2n) is 10.2. The molecule has 1 aromatic carbocycles. The lowest BCUT2D eigenvalue weighted by Gasteiger charge is -2.38. The Kier molecular flexibility index (Phi) is 6.93. The van der Waals surface area contributed by atoms with Gasteiger partial charge in [0.25, 0.3) is 6.43 Å². The number of amides is 1. The van der Waals surface area contributed by atoms with Crippen LogP contribution < -0.4 is 9.62 Å². The molecule has 0 radical (unpaired) electrons. The summed E-state index contributed by atoms with van der Waals surface area (Å²) in [7, 11) is -4.20. The van der Waals surface area contributed by atoms with Gasteiger partial charge < -0.3 is 14.5 Å². The van der Waals surface area contributed by atoms with Crippen LogP contribution in [0, 0.1) is 17.2 Å². The predicted molar refractivity (Wildman–Crippen MR) is 140 cm³/mol. The summed E-state index contributed by atoms with van der Waals surface area (Å²) in [5.74, 6) is 0.246. The summed E-state index contributed by atoms with van der Waals surface area (Å²) in [5.41, 5.74) is -0.479. The molecule has 6 rings (SSSR count). The summed E-state index contributed by atoms with van der Waals surface area (Å²) in [4.78, 5) is 16.7.